The monoisotopic (exact) mass is 794 g/mol. The predicted octanol–water partition coefficient (Wildman–Crippen LogP) is 10.5. The molecule has 0 aliphatic heterocycles. The highest BCUT2D eigenvalue weighted by Crippen LogP contribution is 2.38. The second-order valence-corrected chi connectivity index (χ2v) is 14.1. The number of carbonyl (C=O) groups excluding carboxylic acids is 3. The Bertz CT molecular complexity index is 1950. The summed E-state index contributed by atoms with van der Waals surface area (Å²) in [7, 11) is 0. The highest BCUT2D eigenvalue weighted by Gasteiger charge is 2.28. The summed E-state index contributed by atoms with van der Waals surface area (Å²) >= 11 is 0. The fourth-order valence-electron chi connectivity index (χ4n) is 6.93. The number of hydrogen-bond donors (Lipinski definition) is 3. The molecule has 0 aromatic heterocycles. The second kappa shape index (κ2) is 24.2. The van der Waals surface area contributed by atoms with E-state index in [0.717, 1.165) is 70.1 Å². The zero-order valence-corrected chi connectivity index (χ0v) is 35.2. The lowest BCUT2D eigenvalue weighted by atomic mass is 9.89. The lowest BCUT2D eigenvalue weighted by molar-refractivity contribution is 0.0494. The molecule has 0 saturated heterocycles. The van der Waals surface area contributed by atoms with Crippen molar-refractivity contribution < 1.29 is 39.2 Å². The summed E-state index contributed by atoms with van der Waals surface area (Å²) in [6.45, 7) is 15.3. The number of aromatic hydroxyl groups is 2. The Kier molecular flexibility index (Phi) is 19.5. The fourth-order valence-corrected chi connectivity index (χ4v) is 6.93. The number of nitrogens with zero attached hydrogens (tertiary/aromatic N) is 2. The zero-order valence-electron chi connectivity index (χ0n) is 35.2. The highest BCUT2D eigenvalue weighted by molar-refractivity contribution is 6.16. The molecule has 0 fully saturated rings. The number of esters is 1. The number of unbranched alkanes of at least 4 members (excludes halogenated alkanes) is 6. The number of phenols is 2. The fraction of sp³-hybridized carbons (Fsp3) is 0.417. The van der Waals surface area contributed by atoms with Gasteiger partial charge in [0.25, 0.3) is 0 Å². The van der Waals surface area contributed by atoms with E-state index in [1.54, 1.807) is 60.7 Å². The number of ketones is 2. The molecule has 0 amide bonds. The molecule has 312 valence electrons. The van der Waals surface area contributed by atoms with E-state index >= 15 is 0 Å². The van der Waals surface area contributed by atoms with Gasteiger partial charge in [-0.3, -0.25) is 9.59 Å². The van der Waals surface area contributed by atoms with Crippen LogP contribution in [-0.4, -0.2) is 71.6 Å². The standard InChI is InChI=1S/2C24H31NO4/c1-4-7-8-12-15-18-19(24(28)29)16-20(25(5-2)6-3)23(27)21(18)22(26)17-13-10-9-11-14-17;1-4-7-8-11-16-29-24(28)20-13-10-9-12-19(20)23(27)21-15-14-18(17-22(21)26)25(5-2)6-3/h9-11,13-14,16,27H,4-8,12,15H2,1-3H3,(H,28,29);9-10,12-15,17,26H,4-8,11,16H2,1-3H3. The van der Waals surface area contributed by atoms with Crippen LogP contribution in [0.1, 0.15) is 151 Å². The Morgan fingerprint density at radius 2 is 1.17 bits per heavy atom. The zero-order chi connectivity index (χ0) is 42.6. The Morgan fingerprint density at radius 3 is 1.74 bits per heavy atom. The molecule has 58 heavy (non-hydrogen) atoms. The van der Waals surface area contributed by atoms with Gasteiger partial charge in [0.15, 0.2) is 11.6 Å². The van der Waals surface area contributed by atoms with Crippen molar-refractivity contribution in [3.8, 4) is 11.5 Å². The first kappa shape index (κ1) is 46.7. The van der Waals surface area contributed by atoms with Crippen molar-refractivity contribution in [3.05, 3.63) is 118 Å². The maximum Gasteiger partial charge on any atom is 0.338 e. The van der Waals surface area contributed by atoms with Gasteiger partial charge in [-0.2, -0.15) is 0 Å². The largest absolute Gasteiger partial charge is 0.507 e. The van der Waals surface area contributed by atoms with Crippen molar-refractivity contribution in [3.63, 3.8) is 0 Å². The maximum absolute atomic E-state index is 13.3. The molecule has 0 heterocycles. The van der Waals surface area contributed by atoms with E-state index in [4.69, 9.17) is 4.74 Å². The van der Waals surface area contributed by atoms with Gasteiger partial charge < -0.3 is 29.9 Å². The van der Waals surface area contributed by atoms with Crippen molar-refractivity contribution in [1.82, 2.24) is 0 Å². The number of carboxylic acid groups (broad SMARTS) is 1. The number of rotatable bonds is 22. The van der Waals surface area contributed by atoms with Crippen LogP contribution in [-0.2, 0) is 11.2 Å². The summed E-state index contributed by atoms with van der Waals surface area (Å²) in [5.74, 6) is -2.55. The topological polar surface area (TPSA) is 145 Å². The first-order chi connectivity index (χ1) is 28.0. The van der Waals surface area contributed by atoms with Crippen LogP contribution in [0.4, 0.5) is 11.4 Å². The molecular formula is C48H62N2O8. The van der Waals surface area contributed by atoms with E-state index in [1.807, 2.05) is 44.7 Å². The van der Waals surface area contributed by atoms with Gasteiger partial charge in [0.05, 0.1) is 34.5 Å². The molecule has 10 heteroatoms. The second-order valence-electron chi connectivity index (χ2n) is 14.1. The van der Waals surface area contributed by atoms with Gasteiger partial charge in [-0.05, 0) is 76.8 Å². The van der Waals surface area contributed by atoms with Crippen molar-refractivity contribution in [2.45, 2.75) is 99.3 Å². The first-order valence-corrected chi connectivity index (χ1v) is 20.8. The van der Waals surface area contributed by atoms with Crippen molar-refractivity contribution in [2.75, 3.05) is 42.6 Å². The summed E-state index contributed by atoms with van der Waals surface area (Å²) in [6.07, 6.45) is 8.32. The molecule has 0 unspecified atom stereocenters. The number of hydrogen-bond acceptors (Lipinski definition) is 9. The summed E-state index contributed by atoms with van der Waals surface area (Å²) in [6, 6.07) is 21.8. The van der Waals surface area contributed by atoms with E-state index in [9.17, 15) is 34.5 Å². The minimum Gasteiger partial charge on any atom is -0.507 e. The van der Waals surface area contributed by atoms with E-state index in [-0.39, 0.29) is 45.1 Å². The van der Waals surface area contributed by atoms with Crippen LogP contribution >= 0.6 is 0 Å². The van der Waals surface area contributed by atoms with Gasteiger partial charge in [-0.15, -0.1) is 0 Å². The van der Waals surface area contributed by atoms with Crippen molar-refractivity contribution >= 4 is 34.9 Å². The smallest absolute Gasteiger partial charge is 0.338 e. The molecule has 4 aromatic carbocycles. The normalized spacial score (nSPS) is 10.7. The lowest BCUT2D eigenvalue weighted by Gasteiger charge is -2.25. The third kappa shape index (κ3) is 12.4. The third-order valence-corrected chi connectivity index (χ3v) is 10.2. The van der Waals surface area contributed by atoms with Crippen LogP contribution in [0, 0.1) is 0 Å². The van der Waals surface area contributed by atoms with Crippen LogP contribution < -0.4 is 9.80 Å². The molecule has 4 aromatic rings. The molecule has 4 rings (SSSR count). The third-order valence-electron chi connectivity index (χ3n) is 10.2. The Hall–Kier alpha value is -5.64. The highest BCUT2D eigenvalue weighted by atomic mass is 16.5. The number of benzene rings is 4. The molecule has 0 bridgehead atoms. The lowest BCUT2D eigenvalue weighted by Crippen LogP contribution is -2.24. The van der Waals surface area contributed by atoms with E-state index < -0.39 is 17.7 Å². The summed E-state index contributed by atoms with van der Waals surface area (Å²) in [4.78, 5) is 54.9. The van der Waals surface area contributed by atoms with Crippen LogP contribution in [0.25, 0.3) is 0 Å². The molecule has 0 atom stereocenters. The predicted molar refractivity (Wildman–Crippen MR) is 232 cm³/mol. The number of aromatic carboxylic acids is 1. The number of anilines is 2. The number of carbonyl (C=O) groups is 4. The van der Waals surface area contributed by atoms with Crippen LogP contribution in [0.2, 0.25) is 0 Å². The number of phenolic OH excluding ortho intramolecular Hbond substituents is 2. The number of carboxylic acids is 1. The van der Waals surface area contributed by atoms with Crippen LogP contribution in [0.5, 0.6) is 11.5 Å². The first-order valence-electron chi connectivity index (χ1n) is 20.8. The molecular weight excluding hydrogens is 733 g/mol. The van der Waals surface area contributed by atoms with E-state index in [0.29, 0.717) is 42.9 Å². The quantitative estimate of drug-likeness (QED) is 0.0399. The van der Waals surface area contributed by atoms with Gasteiger partial charge in [0.1, 0.15) is 11.5 Å². The maximum atomic E-state index is 13.3. The van der Waals surface area contributed by atoms with Gasteiger partial charge in [-0.1, -0.05) is 101 Å². The van der Waals surface area contributed by atoms with Crippen LogP contribution in [0.15, 0.2) is 78.9 Å². The number of ether oxygens (including phenoxy) is 1. The van der Waals surface area contributed by atoms with Crippen molar-refractivity contribution in [1.29, 1.82) is 0 Å². The Labute approximate surface area is 344 Å². The van der Waals surface area contributed by atoms with Gasteiger partial charge in [-0.25, -0.2) is 9.59 Å². The molecule has 0 aliphatic rings. The minimum absolute atomic E-state index is 0.0952. The van der Waals surface area contributed by atoms with E-state index in [2.05, 4.69) is 18.7 Å². The van der Waals surface area contributed by atoms with E-state index in [1.165, 1.54) is 6.07 Å². The van der Waals surface area contributed by atoms with Gasteiger partial charge >= 0.3 is 11.9 Å². The SMILES string of the molecule is CCCCCCOC(=O)c1ccccc1C(=O)c1ccc(N(CC)CC)cc1O.CCCCCCc1c(C(=O)O)cc(N(CC)CC)c(O)c1C(=O)c1ccccc1. The molecule has 10 nitrogen and oxygen atoms in total. The Balaban J connectivity index is 0.000000310. The summed E-state index contributed by atoms with van der Waals surface area (Å²) in [5, 5.41) is 31.4. The minimum atomic E-state index is -1.08. The average molecular weight is 795 g/mol. The molecule has 3 N–H and O–H groups in total. The molecule has 0 aliphatic carbocycles. The van der Waals surface area contributed by atoms with Gasteiger partial charge in [0.2, 0.25) is 0 Å². The summed E-state index contributed by atoms with van der Waals surface area (Å²) in [5.41, 5.74) is 2.95. The average Bonchev–Trinajstić information content (AvgIpc) is 3.23. The summed E-state index contributed by atoms with van der Waals surface area (Å²) < 4.78 is 5.35. The molecule has 0 saturated carbocycles. The van der Waals surface area contributed by atoms with Gasteiger partial charge in [0, 0.05) is 49.1 Å². The molecule has 0 radical (unpaired) electrons. The van der Waals surface area contributed by atoms with Crippen LogP contribution in [0.3, 0.4) is 0 Å². The Morgan fingerprint density at radius 1 is 0.586 bits per heavy atom. The molecule has 0 spiro atoms. The van der Waals surface area contributed by atoms with Crippen molar-refractivity contribution in [2.24, 2.45) is 0 Å².